The summed E-state index contributed by atoms with van der Waals surface area (Å²) in [6.45, 7) is 0. The van der Waals surface area contributed by atoms with E-state index in [2.05, 4.69) is 23.1 Å². The Bertz CT molecular complexity index is 1140. The number of amides is 2. The number of rotatable bonds is 7. The number of nitrogens with zero attached hydrogens (tertiary/aromatic N) is 2. The third-order valence-electron chi connectivity index (χ3n) is 8.44. The molecule has 0 aromatic heterocycles. The average Bonchev–Trinajstić information content (AvgIpc) is 3.80. The molecule has 3 aliphatic carbocycles. The molecule has 6 heteroatoms. The Morgan fingerprint density at radius 2 is 1.66 bits per heavy atom. The van der Waals surface area contributed by atoms with Crippen LogP contribution in [0.5, 0.6) is 0 Å². The molecule has 1 heterocycles. The first-order chi connectivity index (χ1) is 17.0. The van der Waals surface area contributed by atoms with Gasteiger partial charge in [-0.15, -0.1) is 0 Å². The number of carboxylic acids is 1. The van der Waals surface area contributed by atoms with Gasteiger partial charge in [0.15, 0.2) is 0 Å². The molecule has 0 spiro atoms. The molecule has 2 aromatic rings. The molecule has 0 bridgehead atoms. The number of anilines is 1. The van der Waals surface area contributed by atoms with E-state index < -0.39 is 5.97 Å². The average molecular weight is 473 g/mol. The van der Waals surface area contributed by atoms with Crippen LogP contribution in [-0.2, 0) is 14.4 Å². The number of hydrogen-bond donors (Lipinski definition) is 1. The van der Waals surface area contributed by atoms with E-state index in [0.717, 1.165) is 49.8 Å². The Kier molecular flexibility index (Phi) is 5.62. The maximum atomic E-state index is 14.0. The Balaban J connectivity index is 1.34. The minimum absolute atomic E-state index is 0.0139. The van der Waals surface area contributed by atoms with Crippen molar-refractivity contribution in [3.63, 3.8) is 0 Å². The van der Waals surface area contributed by atoms with Gasteiger partial charge >= 0.3 is 5.97 Å². The zero-order valence-electron chi connectivity index (χ0n) is 19.9. The Hall–Kier alpha value is -3.15. The SMILES string of the molecule is O=C(O)CCC(=O)N(C1CC1)[C@H]1c2ccccc2N(C(=O)C2CC2c2ccccc2)[C@@H]2CCC[C@@H]21. The highest BCUT2D eigenvalue weighted by Crippen LogP contribution is 2.55. The van der Waals surface area contributed by atoms with Crippen LogP contribution in [0.4, 0.5) is 5.69 Å². The van der Waals surface area contributed by atoms with Crippen LogP contribution < -0.4 is 4.90 Å². The molecule has 1 N–H and O–H groups in total. The fourth-order valence-electron chi connectivity index (χ4n) is 6.66. The third-order valence-corrected chi connectivity index (χ3v) is 8.44. The first kappa shape index (κ1) is 22.3. The highest BCUT2D eigenvalue weighted by atomic mass is 16.4. The minimum atomic E-state index is -0.939. The summed E-state index contributed by atoms with van der Waals surface area (Å²) < 4.78 is 0. The summed E-state index contributed by atoms with van der Waals surface area (Å²) in [5.41, 5.74) is 3.23. The molecule has 2 aromatic carbocycles. The smallest absolute Gasteiger partial charge is 0.303 e. The molecule has 182 valence electrons. The Morgan fingerprint density at radius 1 is 0.914 bits per heavy atom. The van der Waals surface area contributed by atoms with Gasteiger partial charge in [-0.05, 0) is 55.2 Å². The third kappa shape index (κ3) is 4.03. The molecule has 2 unspecified atom stereocenters. The topological polar surface area (TPSA) is 77.9 Å². The molecule has 0 saturated heterocycles. The number of para-hydroxylation sites is 1. The number of benzene rings is 2. The number of carboxylic acid groups (broad SMARTS) is 1. The molecular formula is C29H32N2O4. The lowest BCUT2D eigenvalue weighted by Gasteiger charge is -2.48. The standard InChI is InChI=1S/C29H32N2O4/c32-26(15-16-27(33)34)30(19-13-14-19)28-20-9-4-5-11-24(20)31(25-12-6-10-21(25)28)29(35)23-17-22(23)18-7-2-1-3-8-18/h1-5,7-9,11,19,21-23,25,28H,6,10,12-17H2,(H,33,34)/t21-,22?,23?,25+,28-/m0/s1. The monoisotopic (exact) mass is 472 g/mol. The van der Waals surface area contributed by atoms with Gasteiger partial charge in [-0.1, -0.05) is 55.0 Å². The number of carbonyl (C=O) groups is 3. The lowest BCUT2D eigenvalue weighted by molar-refractivity contribution is -0.143. The predicted molar refractivity (Wildman–Crippen MR) is 132 cm³/mol. The molecular weight excluding hydrogens is 440 g/mol. The molecule has 35 heavy (non-hydrogen) atoms. The molecule has 4 aliphatic rings. The van der Waals surface area contributed by atoms with Gasteiger partial charge in [-0.2, -0.15) is 0 Å². The van der Waals surface area contributed by atoms with Crippen LogP contribution in [0.3, 0.4) is 0 Å². The van der Waals surface area contributed by atoms with Crippen molar-refractivity contribution in [2.75, 3.05) is 4.90 Å². The van der Waals surface area contributed by atoms with Crippen molar-refractivity contribution in [2.24, 2.45) is 11.8 Å². The van der Waals surface area contributed by atoms with Gasteiger partial charge in [0.25, 0.3) is 0 Å². The normalized spacial score (nSPS) is 28.7. The highest BCUT2D eigenvalue weighted by molar-refractivity contribution is 5.99. The summed E-state index contributed by atoms with van der Waals surface area (Å²) in [6.07, 6.45) is 5.70. The van der Waals surface area contributed by atoms with Crippen LogP contribution in [0.2, 0.25) is 0 Å². The number of fused-ring (bicyclic) bond motifs is 2. The minimum Gasteiger partial charge on any atom is -0.481 e. The quantitative estimate of drug-likeness (QED) is 0.622. The van der Waals surface area contributed by atoms with Crippen molar-refractivity contribution in [2.45, 2.75) is 75.4 Å². The molecule has 3 fully saturated rings. The molecule has 2 amide bonds. The van der Waals surface area contributed by atoms with Crippen molar-refractivity contribution in [3.8, 4) is 0 Å². The second-order valence-electron chi connectivity index (χ2n) is 10.7. The fraction of sp³-hybridized carbons (Fsp3) is 0.483. The van der Waals surface area contributed by atoms with Crippen molar-refractivity contribution >= 4 is 23.5 Å². The van der Waals surface area contributed by atoms with E-state index in [-0.39, 0.29) is 60.5 Å². The van der Waals surface area contributed by atoms with E-state index in [1.165, 1.54) is 5.56 Å². The van der Waals surface area contributed by atoms with Gasteiger partial charge in [-0.25, -0.2) is 0 Å². The van der Waals surface area contributed by atoms with Crippen LogP contribution >= 0.6 is 0 Å². The predicted octanol–water partition coefficient (Wildman–Crippen LogP) is 4.90. The van der Waals surface area contributed by atoms with Crippen molar-refractivity contribution < 1.29 is 19.5 Å². The summed E-state index contributed by atoms with van der Waals surface area (Å²) in [5.74, 6) is -0.291. The zero-order valence-corrected chi connectivity index (χ0v) is 19.9. The molecule has 0 radical (unpaired) electrons. The Morgan fingerprint density at radius 3 is 2.40 bits per heavy atom. The van der Waals surface area contributed by atoms with Crippen LogP contribution in [0.15, 0.2) is 54.6 Å². The van der Waals surface area contributed by atoms with Gasteiger partial charge in [0.1, 0.15) is 0 Å². The maximum absolute atomic E-state index is 14.0. The zero-order chi connectivity index (χ0) is 24.1. The van der Waals surface area contributed by atoms with E-state index >= 15 is 0 Å². The van der Waals surface area contributed by atoms with E-state index in [4.69, 9.17) is 5.11 Å². The molecule has 6 rings (SSSR count). The lowest BCUT2D eigenvalue weighted by atomic mass is 9.81. The van der Waals surface area contributed by atoms with Gasteiger partial charge < -0.3 is 14.9 Å². The van der Waals surface area contributed by atoms with E-state index in [0.29, 0.717) is 0 Å². The van der Waals surface area contributed by atoms with Crippen molar-refractivity contribution in [1.82, 2.24) is 4.90 Å². The second-order valence-corrected chi connectivity index (χ2v) is 10.7. The number of aliphatic carboxylic acids is 1. The van der Waals surface area contributed by atoms with Crippen LogP contribution in [0, 0.1) is 11.8 Å². The van der Waals surface area contributed by atoms with E-state index in [9.17, 15) is 14.4 Å². The summed E-state index contributed by atoms with van der Waals surface area (Å²) >= 11 is 0. The maximum Gasteiger partial charge on any atom is 0.303 e. The molecule has 5 atom stereocenters. The number of hydrogen-bond acceptors (Lipinski definition) is 3. The molecule has 1 aliphatic heterocycles. The van der Waals surface area contributed by atoms with Gasteiger partial charge in [0.05, 0.1) is 12.5 Å². The Labute approximate surface area is 205 Å². The van der Waals surface area contributed by atoms with Crippen LogP contribution in [0.1, 0.15) is 74.5 Å². The highest BCUT2D eigenvalue weighted by Gasteiger charge is 2.54. The van der Waals surface area contributed by atoms with Gasteiger partial charge in [-0.3, -0.25) is 14.4 Å². The largest absolute Gasteiger partial charge is 0.481 e. The van der Waals surface area contributed by atoms with Crippen molar-refractivity contribution in [1.29, 1.82) is 0 Å². The van der Waals surface area contributed by atoms with Gasteiger partial charge in [0, 0.05) is 36.0 Å². The molecule has 6 nitrogen and oxygen atoms in total. The van der Waals surface area contributed by atoms with Crippen LogP contribution in [-0.4, -0.2) is 39.9 Å². The van der Waals surface area contributed by atoms with Crippen molar-refractivity contribution in [3.05, 3.63) is 65.7 Å². The van der Waals surface area contributed by atoms with Crippen LogP contribution in [0.25, 0.3) is 0 Å². The summed E-state index contributed by atoms with van der Waals surface area (Å²) in [7, 11) is 0. The van der Waals surface area contributed by atoms with E-state index in [1.54, 1.807) is 0 Å². The first-order valence-electron chi connectivity index (χ1n) is 13.0. The fourth-order valence-corrected chi connectivity index (χ4v) is 6.66. The summed E-state index contributed by atoms with van der Waals surface area (Å²) in [6, 6.07) is 18.6. The summed E-state index contributed by atoms with van der Waals surface area (Å²) in [5, 5.41) is 9.16. The summed E-state index contributed by atoms with van der Waals surface area (Å²) in [4.78, 5) is 42.6. The first-order valence-corrected chi connectivity index (χ1v) is 13.0. The van der Waals surface area contributed by atoms with Gasteiger partial charge in [0.2, 0.25) is 11.8 Å². The number of carbonyl (C=O) groups excluding carboxylic acids is 2. The second kappa shape index (κ2) is 8.81. The van der Waals surface area contributed by atoms with E-state index in [1.807, 2.05) is 41.3 Å². The lowest BCUT2D eigenvalue weighted by Crippen LogP contribution is -2.53. The molecule has 3 saturated carbocycles.